The molecule has 2 aliphatic heterocycles. The first-order chi connectivity index (χ1) is 10.6. The molecule has 3 heterocycles. The number of carbonyl (C=O) groups excluding carboxylic acids is 1. The van der Waals surface area contributed by atoms with Gasteiger partial charge in [0.2, 0.25) is 5.91 Å². The lowest BCUT2D eigenvalue weighted by atomic mass is 9.88. The molecule has 116 valence electrons. The zero-order valence-corrected chi connectivity index (χ0v) is 12.9. The summed E-state index contributed by atoms with van der Waals surface area (Å²) in [6, 6.07) is 5.73. The van der Waals surface area contributed by atoms with Crippen molar-refractivity contribution in [1.29, 1.82) is 5.26 Å². The molecule has 0 aromatic carbocycles. The van der Waals surface area contributed by atoms with Crippen molar-refractivity contribution < 1.29 is 4.79 Å². The monoisotopic (exact) mass is 299 g/mol. The van der Waals surface area contributed by atoms with Gasteiger partial charge in [0.05, 0.1) is 11.0 Å². The number of carbonyl (C=O) groups is 1. The van der Waals surface area contributed by atoms with Crippen LogP contribution < -0.4 is 10.2 Å². The summed E-state index contributed by atoms with van der Waals surface area (Å²) in [6.45, 7) is 6.80. The second-order valence-corrected chi connectivity index (χ2v) is 6.28. The molecule has 0 saturated carbocycles. The molecule has 3 rings (SSSR count). The molecule has 1 N–H and O–H groups in total. The van der Waals surface area contributed by atoms with E-state index in [0.717, 1.165) is 51.5 Å². The van der Waals surface area contributed by atoms with E-state index in [-0.39, 0.29) is 11.3 Å². The van der Waals surface area contributed by atoms with Crippen LogP contribution in [0.2, 0.25) is 0 Å². The Morgan fingerprint density at radius 2 is 2.14 bits per heavy atom. The molecule has 0 spiro atoms. The predicted molar refractivity (Wildman–Crippen MR) is 83.3 cm³/mol. The van der Waals surface area contributed by atoms with E-state index in [1.165, 1.54) is 0 Å². The van der Waals surface area contributed by atoms with Gasteiger partial charge in [-0.2, -0.15) is 5.26 Å². The molecule has 2 aliphatic rings. The largest absolute Gasteiger partial charge is 0.353 e. The van der Waals surface area contributed by atoms with Crippen LogP contribution in [0.3, 0.4) is 0 Å². The number of nitrogens with one attached hydrogen (secondary N) is 1. The maximum absolute atomic E-state index is 12.7. The SMILES string of the molecule is CC1(C(=O)N2CCN(c3ccc(C#N)cn3)CC2)CCNC1. The zero-order chi connectivity index (χ0) is 15.6. The molecule has 1 unspecified atom stereocenters. The summed E-state index contributed by atoms with van der Waals surface area (Å²) in [4.78, 5) is 21.1. The molecule has 0 bridgehead atoms. The van der Waals surface area contributed by atoms with Crippen LogP contribution in [0.1, 0.15) is 18.9 Å². The molecule has 0 radical (unpaired) electrons. The third-order valence-electron chi connectivity index (χ3n) is 4.65. The highest BCUT2D eigenvalue weighted by Crippen LogP contribution is 2.28. The molecule has 6 nitrogen and oxygen atoms in total. The molecule has 1 atom stereocenters. The lowest BCUT2D eigenvalue weighted by molar-refractivity contribution is -0.140. The van der Waals surface area contributed by atoms with Crippen LogP contribution in [0.4, 0.5) is 5.82 Å². The Morgan fingerprint density at radius 1 is 1.36 bits per heavy atom. The number of nitrogens with zero attached hydrogens (tertiary/aromatic N) is 4. The van der Waals surface area contributed by atoms with Gasteiger partial charge < -0.3 is 15.1 Å². The van der Waals surface area contributed by atoms with Gasteiger partial charge in [0.1, 0.15) is 11.9 Å². The van der Waals surface area contributed by atoms with Crippen LogP contribution in [0.25, 0.3) is 0 Å². The summed E-state index contributed by atoms with van der Waals surface area (Å²) in [5.74, 6) is 1.14. The van der Waals surface area contributed by atoms with Crippen LogP contribution in [-0.4, -0.2) is 55.1 Å². The first kappa shape index (κ1) is 14.8. The van der Waals surface area contributed by atoms with E-state index in [1.807, 2.05) is 11.0 Å². The number of anilines is 1. The lowest BCUT2D eigenvalue weighted by Gasteiger charge is -2.38. The number of hydrogen-bond donors (Lipinski definition) is 1. The lowest BCUT2D eigenvalue weighted by Crippen LogP contribution is -2.53. The molecule has 22 heavy (non-hydrogen) atoms. The van der Waals surface area contributed by atoms with Crippen LogP contribution in [0.15, 0.2) is 18.3 Å². The van der Waals surface area contributed by atoms with E-state index in [4.69, 9.17) is 5.26 Å². The number of nitriles is 1. The van der Waals surface area contributed by atoms with Gasteiger partial charge in [-0.3, -0.25) is 4.79 Å². The molecule has 0 aliphatic carbocycles. The average Bonchev–Trinajstić information content (AvgIpc) is 3.02. The fraction of sp³-hybridized carbons (Fsp3) is 0.562. The van der Waals surface area contributed by atoms with Crippen LogP contribution in [0, 0.1) is 16.7 Å². The third kappa shape index (κ3) is 2.77. The highest BCUT2D eigenvalue weighted by Gasteiger charge is 2.39. The van der Waals surface area contributed by atoms with E-state index in [0.29, 0.717) is 5.56 Å². The van der Waals surface area contributed by atoms with Crippen molar-refractivity contribution in [2.45, 2.75) is 13.3 Å². The number of pyridine rings is 1. The summed E-state index contributed by atoms with van der Waals surface area (Å²) in [5.41, 5.74) is 0.328. The third-order valence-corrected chi connectivity index (χ3v) is 4.65. The zero-order valence-electron chi connectivity index (χ0n) is 12.9. The average molecular weight is 299 g/mol. The first-order valence-electron chi connectivity index (χ1n) is 7.74. The molecule has 1 amide bonds. The van der Waals surface area contributed by atoms with Gasteiger partial charge in [-0.15, -0.1) is 0 Å². The van der Waals surface area contributed by atoms with E-state index < -0.39 is 0 Å². The Morgan fingerprint density at radius 3 is 2.68 bits per heavy atom. The van der Waals surface area contributed by atoms with Crippen LogP contribution >= 0.6 is 0 Å². The molecular formula is C16H21N5O. The van der Waals surface area contributed by atoms with Crippen LogP contribution in [-0.2, 0) is 4.79 Å². The fourth-order valence-electron chi connectivity index (χ4n) is 3.16. The standard InChI is InChI=1S/C16H21N5O/c1-16(4-5-18-12-16)15(22)21-8-6-20(7-9-21)14-3-2-13(10-17)11-19-14/h2-3,11,18H,4-9,12H2,1H3. The number of hydrogen-bond acceptors (Lipinski definition) is 5. The Labute approximate surface area is 130 Å². The minimum atomic E-state index is -0.241. The van der Waals surface area contributed by atoms with Crippen molar-refractivity contribution >= 4 is 11.7 Å². The minimum absolute atomic E-state index is 0.241. The molecule has 1 aromatic rings. The van der Waals surface area contributed by atoms with Crippen molar-refractivity contribution in [2.24, 2.45) is 5.41 Å². The maximum atomic E-state index is 12.7. The summed E-state index contributed by atoms with van der Waals surface area (Å²) >= 11 is 0. The van der Waals surface area contributed by atoms with Gasteiger partial charge in [0.15, 0.2) is 0 Å². The van der Waals surface area contributed by atoms with E-state index in [9.17, 15) is 4.79 Å². The smallest absolute Gasteiger partial charge is 0.229 e. The first-order valence-corrected chi connectivity index (χ1v) is 7.74. The number of rotatable bonds is 2. The molecule has 1 aromatic heterocycles. The van der Waals surface area contributed by atoms with E-state index >= 15 is 0 Å². The summed E-state index contributed by atoms with van der Waals surface area (Å²) in [5, 5.41) is 12.1. The fourth-order valence-corrected chi connectivity index (χ4v) is 3.16. The van der Waals surface area contributed by atoms with Gasteiger partial charge in [-0.05, 0) is 32.0 Å². The maximum Gasteiger partial charge on any atom is 0.229 e. The van der Waals surface area contributed by atoms with Gasteiger partial charge >= 0.3 is 0 Å². The molecule has 2 saturated heterocycles. The topological polar surface area (TPSA) is 72.3 Å². The highest BCUT2D eigenvalue weighted by atomic mass is 16.2. The second kappa shape index (κ2) is 5.93. The number of amides is 1. The van der Waals surface area contributed by atoms with Crippen molar-refractivity contribution in [3.63, 3.8) is 0 Å². The second-order valence-electron chi connectivity index (χ2n) is 6.28. The Hall–Kier alpha value is -2.13. The Bertz CT molecular complexity index is 578. The van der Waals surface area contributed by atoms with Gasteiger partial charge in [0.25, 0.3) is 0 Å². The van der Waals surface area contributed by atoms with E-state index in [1.54, 1.807) is 12.3 Å². The number of piperazine rings is 1. The van der Waals surface area contributed by atoms with Crippen molar-refractivity contribution in [3.8, 4) is 6.07 Å². The number of aromatic nitrogens is 1. The van der Waals surface area contributed by atoms with Gasteiger partial charge in [-0.1, -0.05) is 0 Å². The Kier molecular flexibility index (Phi) is 3.99. The van der Waals surface area contributed by atoms with Crippen molar-refractivity contribution in [3.05, 3.63) is 23.9 Å². The normalized spacial score (nSPS) is 25.1. The van der Waals surface area contributed by atoms with Crippen molar-refractivity contribution in [2.75, 3.05) is 44.2 Å². The van der Waals surface area contributed by atoms with Gasteiger partial charge in [0, 0.05) is 38.9 Å². The van der Waals surface area contributed by atoms with Gasteiger partial charge in [-0.25, -0.2) is 4.98 Å². The minimum Gasteiger partial charge on any atom is -0.353 e. The molecular weight excluding hydrogens is 278 g/mol. The van der Waals surface area contributed by atoms with E-state index in [2.05, 4.69) is 28.2 Å². The quantitative estimate of drug-likeness (QED) is 0.866. The molecule has 2 fully saturated rings. The highest BCUT2D eigenvalue weighted by molar-refractivity contribution is 5.83. The summed E-state index contributed by atoms with van der Waals surface area (Å²) < 4.78 is 0. The summed E-state index contributed by atoms with van der Waals surface area (Å²) in [7, 11) is 0. The summed E-state index contributed by atoms with van der Waals surface area (Å²) in [6.07, 6.45) is 2.52. The predicted octanol–water partition coefficient (Wildman–Crippen LogP) is 0.601. The Balaban J connectivity index is 1.60. The molecule has 6 heteroatoms. The van der Waals surface area contributed by atoms with Crippen LogP contribution in [0.5, 0.6) is 0 Å². The van der Waals surface area contributed by atoms with Crippen molar-refractivity contribution in [1.82, 2.24) is 15.2 Å².